The van der Waals surface area contributed by atoms with Gasteiger partial charge >= 0.3 is 5.69 Å². The second-order valence-electron chi connectivity index (χ2n) is 7.87. The molecule has 0 unspecified atom stereocenters. The number of para-hydroxylation sites is 1. The lowest BCUT2D eigenvalue weighted by molar-refractivity contribution is 0.101. The van der Waals surface area contributed by atoms with Crippen molar-refractivity contribution in [1.29, 1.82) is 0 Å². The molecule has 0 bridgehead atoms. The fourth-order valence-corrected chi connectivity index (χ4v) is 3.49. The third-order valence-electron chi connectivity index (χ3n) is 5.52. The molecule has 1 heterocycles. The summed E-state index contributed by atoms with van der Waals surface area (Å²) in [6, 6.07) is 21.2. The van der Waals surface area contributed by atoms with E-state index in [-0.39, 0.29) is 12.2 Å². The van der Waals surface area contributed by atoms with Crippen molar-refractivity contribution in [3.05, 3.63) is 116 Å². The highest BCUT2D eigenvalue weighted by Crippen LogP contribution is 2.14. The molecule has 8 nitrogen and oxygen atoms in total. The standard InChI is InChI=1S/C26H24N4O4/c1-17-12-13-21(14-18(17)2)30-26(33)29(16-19-8-7-11-22(15-19)34-3)25(32)23(28-30)24(31)27-20-9-5-4-6-10-20/h4-15H,16H2,1-3H3,(H,27,31). The van der Waals surface area contributed by atoms with Crippen molar-refractivity contribution >= 4 is 11.6 Å². The fourth-order valence-electron chi connectivity index (χ4n) is 3.49. The molecule has 0 aliphatic rings. The molecular formula is C26H24N4O4. The summed E-state index contributed by atoms with van der Waals surface area (Å²) in [6.45, 7) is 3.82. The third kappa shape index (κ3) is 4.66. The molecule has 0 saturated carbocycles. The molecule has 0 spiro atoms. The minimum atomic E-state index is -0.777. The van der Waals surface area contributed by atoms with Crippen LogP contribution >= 0.6 is 0 Å². The Labute approximate surface area is 196 Å². The Morgan fingerprint density at radius 3 is 2.41 bits per heavy atom. The molecule has 0 aliphatic heterocycles. The third-order valence-corrected chi connectivity index (χ3v) is 5.52. The summed E-state index contributed by atoms with van der Waals surface area (Å²) in [7, 11) is 1.54. The van der Waals surface area contributed by atoms with Gasteiger partial charge in [0.1, 0.15) is 5.75 Å². The lowest BCUT2D eigenvalue weighted by Crippen LogP contribution is -2.45. The summed E-state index contributed by atoms with van der Waals surface area (Å²) in [5.74, 6) is -0.107. The van der Waals surface area contributed by atoms with E-state index < -0.39 is 17.2 Å². The largest absolute Gasteiger partial charge is 0.497 e. The summed E-state index contributed by atoms with van der Waals surface area (Å²) in [4.78, 5) is 39.7. The highest BCUT2D eigenvalue weighted by atomic mass is 16.5. The van der Waals surface area contributed by atoms with Gasteiger partial charge in [0.05, 0.1) is 19.3 Å². The van der Waals surface area contributed by atoms with Crippen molar-refractivity contribution in [1.82, 2.24) is 14.3 Å². The lowest BCUT2D eigenvalue weighted by atomic mass is 10.1. The molecule has 3 aromatic carbocycles. The number of nitrogens with one attached hydrogen (secondary N) is 1. The van der Waals surface area contributed by atoms with Crippen LogP contribution in [0.2, 0.25) is 0 Å². The smallest absolute Gasteiger partial charge is 0.352 e. The van der Waals surface area contributed by atoms with E-state index in [9.17, 15) is 14.4 Å². The highest BCUT2D eigenvalue weighted by Gasteiger charge is 2.21. The second-order valence-corrected chi connectivity index (χ2v) is 7.87. The van der Waals surface area contributed by atoms with Gasteiger partial charge in [-0.15, -0.1) is 0 Å². The van der Waals surface area contributed by atoms with Crippen molar-refractivity contribution in [2.24, 2.45) is 0 Å². The molecule has 8 heteroatoms. The highest BCUT2D eigenvalue weighted by molar-refractivity contribution is 6.02. The zero-order valence-electron chi connectivity index (χ0n) is 19.1. The summed E-state index contributed by atoms with van der Waals surface area (Å²) >= 11 is 0. The Morgan fingerprint density at radius 2 is 1.71 bits per heavy atom. The van der Waals surface area contributed by atoms with E-state index in [2.05, 4.69) is 10.4 Å². The van der Waals surface area contributed by atoms with E-state index >= 15 is 0 Å². The molecule has 172 valence electrons. The van der Waals surface area contributed by atoms with Gasteiger partial charge in [0, 0.05) is 5.69 Å². The van der Waals surface area contributed by atoms with Gasteiger partial charge in [-0.25, -0.2) is 4.79 Å². The van der Waals surface area contributed by atoms with Crippen molar-refractivity contribution in [2.45, 2.75) is 20.4 Å². The van der Waals surface area contributed by atoms with E-state index in [0.29, 0.717) is 22.7 Å². The van der Waals surface area contributed by atoms with Crippen LogP contribution in [-0.4, -0.2) is 27.4 Å². The fraction of sp³-hybridized carbons (Fsp3) is 0.154. The van der Waals surface area contributed by atoms with Crippen molar-refractivity contribution in [2.75, 3.05) is 12.4 Å². The molecule has 0 fully saturated rings. The predicted molar refractivity (Wildman–Crippen MR) is 130 cm³/mol. The second kappa shape index (κ2) is 9.58. The molecule has 4 rings (SSSR count). The van der Waals surface area contributed by atoms with Gasteiger partial charge in [0.2, 0.25) is 5.69 Å². The van der Waals surface area contributed by atoms with Gasteiger partial charge in [-0.1, -0.05) is 36.4 Å². The van der Waals surface area contributed by atoms with E-state index in [1.165, 1.54) is 7.11 Å². The quantitative estimate of drug-likeness (QED) is 0.480. The minimum absolute atomic E-state index is 0.0478. The van der Waals surface area contributed by atoms with Gasteiger partial charge in [-0.05, 0) is 66.9 Å². The maximum absolute atomic E-state index is 13.4. The summed E-state index contributed by atoms with van der Waals surface area (Å²) in [6.07, 6.45) is 0. The van der Waals surface area contributed by atoms with Crippen LogP contribution in [0, 0.1) is 13.8 Å². The molecule has 34 heavy (non-hydrogen) atoms. The normalized spacial score (nSPS) is 10.7. The van der Waals surface area contributed by atoms with E-state index in [0.717, 1.165) is 20.4 Å². The first kappa shape index (κ1) is 22.7. The predicted octanol–water partition coefficient (Wildman–Crippen LogP) is 3.32. The summed E-state index contributed by atoms with van der Waals surface area (Å²) in [5, 5.41) is 6.86. The van der Waals surface area contributed by atoms with E-state index in [1.54, 1.807) is 60.7 Å². The number of hydrogen-bond donors (Lipinski definition) is 1. The van der Waals surface area contributed by atoms with Crippen LogP contribution in [0.15, 0.2) is 82.4 Å². The Hall–Kier alpha value is -4.46. The SMILES string of the molecule is COc1cccc(Cn2c(=O)c(C(=O)Nc3ccccc3)nn(-c3ccc(C)c(C)c3)c2=O)c1. The minimum Gasteiger partial charge on any atom is -0.497 e. The first-order valence-electron chi connectivity index (χ1n) is 10.7. The van der Waals surface area contributed by atoms with Gasteiger partial charge in [-0.3, -0.25) is 14.2 Å². The molecule has 1 amide bonds. The Bertz CT molecular complexity index is 1470. The molecule has 1 N–H and O–H groups in total. The maximum atomic E-state index is 13.4. The first-order valence-corrected chi connectivity index (χ1v) is 10.7. The number of hydrogen-bond acceptors (Lipinski definition) is 5. The molecule has 1 aromatic heterocycles. The summed E-state index contributed by atoms with van der Waals surface area (Å²) < 4.78 is 7.35. The number of carbonyl (C=O) groups is 1. The molecular weight excluding hydrogens is 432 g/mol. The Balaban J connectivity index is 1.87. The Morgan fingerprint density at radius 1 is 0.941 bits per heavy atom. The van der Waals surface area contributed by atoms with Crippen LogP contribution in [0.4, 0.5) is 5.69 Å². The number of carbonyl (C=O) groups excluding carboxylic acids is 1. The van der Waals surface area contributed by atoms with E-state index in [1.807, 2.05) is 26.0 Å². The van der Waals surface area contributed by atoms with Gasteiger partial charge in [0.25, 0.3) is 11.5 Å². The number of nitrogens with zero attached hydrogens (tertiary/aromatic N) is 3. The number of ether oxygens (including phenoxy) is 1. The Kier molecular flexibility index (Phi) is 6.40. The number of aryl methyl sites for hydroxylation is 2. The van der Waals surface area contributed by atoms with Crippen LogP contribution in [0.5, 0.6) is 5.75 Å². The zero-order valence-corrected chi connectivity index (χ0v) is 19.1. The average molecular weight is 457 g/mol. The van der Waals surface area contributed by atoms with Crippen molar-refractivity contribution < 1.29 is 9.53 Å². The molecule has 0 aliphatic carbocycles. The molecule has 0 atom stereocenters. The van der Waals surface area contributed by atoms with E-state index in [4.69, 9.17) is 4.74 Å². The summed E-state index contributed by atoms with van der Waals surface area (Å²) in [5.41, 5.74) is 1.83. The van der Waals surface area contributed by atoms with Gasteiger partial charge < -0.3 is 10.1 Å². The lowest BCUT2D eigenvalue weighted by Gasteiger charge is -2.13. The van der Waals surface area contributed by atoms with Gasteiger partial charge in [0.15, 0.2) is 0 Å². The number of benzene rings is 3. The number of rotatable bonds is 6. The van der Waals surface area contributed by atoms with Crippen LogP contribution < -0.4 is 21.3 Å². The number of anilines is 1. The number of aromatic nitrogens is 3. The number of methoxy groups -OCH3 is 1. The number of amides is 1. The van der Waals surface area contributed by atoms with Crippen molar-refractivity contribution in [3.8, 4) is 11.4 Å². The van der Waals surface area contributed by atoms with Crippen LogP contribution in [0.3, 0.4) is 0 Å². The van der Waals surface area contributed by atoms with Crippen molar-refractivity contribution in [3.63, 3.8) is 0 Å². The monoisotopic (exact) mass is 456 g/mol. The molecule has 0 saturated heterocycles. The van der Waals surface area contributed by atoms with Gasteiger partial charge in [-0.2, -0.15) is 9.78 Å². The van der Waals surface area contributed by atoms with Crippen LogP contribution in [-0.2, 0) is 6.54 Å². The topological polar surface area (TPSA) is 95.2 Å². The molecule has 0 radical (unpaired) electrons. The van der Waals surface area contributed by atoms with Crippen LogP contribution in [0.1, 0.15) is 27.2 Å². The maximum Gasteiger partial charge on any atom is 0.352 e. The first-order chi connectivity index (χ1) is 16.4. The van der Waals surface area contributed by atoms with Crippen LogP contribution in [0.25, 0.3) is 5.69 Å². The zero-order chi connectivity index (χ0) is 24.2. The average Bonchev–Trinajstić information content (AvgIpc) is 2.84. The molecule has 4 aromatic rings.